The van der Waals surface area contributed by atoms with Crippen LogP contribution in [0.5, 0.6) is 0 Å². The Bertz CT molecular complexity index is 484. The van der Waals surface area contributed by atoms with Gasteiger partial charge in [-0.1, -0.05) is 11.6 Å². The van der Waals surface area contributed by atoms with Crippen molar-refractivity contribution in [2.45, 2.75) is 6.42 Å². The fourth-order valence-electron chi connectivity index (χ4n) is 1.42. The van der Waals surface area contributed by atoms with Gasteiger partial charge in [-0.3, -0.25) is 0 Å². The molecule has 1 heterocycles. The van der Waals surface area contributed by atoms with Gasteiger partial charge in [-0.2, -0.15) is 0 Å². The van der Waals surface area contributed by atoms with Gasteiger partial charge in [0.2, 0.25) is 0 Å². The number of rotatable bonds is 4. The van der Waals surface area contributed by atoms with E-state index in [2.05, 4.69) is 15.3 Å². The molecule has 0 atom stereocenters. The van der Waals surface area contributed by atoms with Crippen LogP contribution in [0.3, 0.4) is 0 Å². The Hall–Kier alpha value is -1.81. The molecular weight excluding hydrogens is 236 g/mol. The summed E-state index contributed by atoms with van der Waals surface area (Å²) in [6, 6.07) is 9.24. The monoisotopic (exact) mass is 248 g/mol. The van der Waals surface area contributed by atoms with E-state index in [4.69, 9.17) is 17.3 Å². The van der Waals surface area contributed by atoms with Gasteiger partial charge in [0.05, 0.1) is 0 Å². The number of hydrogen-bond acceptors (Lipinski definition) is 4. The molecule has 0 amide bonds. The fraction of sp³-hybridized carbons (Fsp3) is 0.167. The number of halogens is 1. The number of nitrogens with two attached hydrogens (primary N) is 1. The number of anilines is 2. The largest absolute Gasteiger partial charge is 0.385 e. The number of aromatic nitrogens is 2. The molecule has 5 heteroatoms. The number of nitrogen functional groups attached to an aromatic ring is 1. The van der Waals surface area contributed by atoms with Crippen LogP contribution in [0.4, 0.5) is 11.5 Å². The third-order valence-electron chi connectivity index (χ3n) is 2.25. The van der Waals surface area contributed by atoms with E-state index >= 15 is 0 Å². The second-order valence-corrected chi connectivity index (χ2v) is 4.02. The molecule has 17 heavy (non-hydrogen) atoms. The summed E-state index contributed by atoms with van der Waals surface area (Å²) < 4.78 is 0. The van der Waals surface area contributed by atoms with Crippen molar-refractivity contribution in [3.63, 3.8) is 0 Å². The van der Waals surface area contributed by atoms with Crippen LogP contribution < -0.4 is 11.1 Å². The maximum absolute atomic E-state index is 5.80. The highest BCUT2D eigenvalue weighted by atomic mass is 35.5. The van der Waals surface area contributed by atoms with Crippen LogP contribution >= 0.6 is 11.6 Å². The Kier molecular flexibility index (Phi) is 3.77. The second-order valence-electron chi connectivity index (χ2n) is 3.58. The van der Waals surface area contributed by atoms with Crippen molar-refractivity contribution >= 4 is 23.1 Å². The Balaban J connectivity index is 1.85. The van der Waals surface area contributed by atoms with Crippen LogP contribution in [0.2, 0.25) is 5.02 Å². The lowest BCUT2D eigenvalue weighted by Gasteiger charge is -2.05. The van der Waals surface area contributed by atoms with Gasteiger partial charge in [-0.05, 0) is 30.3 Å². The molecule has 1 aromatic heterocycles. The molecule has 3 N–H and O–H groups in total. The third kappa shape index (κ3) is 3.60. The Morgan fingerprint density at radius 2 is 1.94 bits per heavy atom. The van der Waals surface area contributed by atoms with E-state index in [-0.39, 0.29) is 0 Å². The fourth-order valence-corrected chi connectivity index (χ4v) is 1.55. The number of nitrogens with zero attached hydrogens (tertiary/aromatic N) is 2. The van der Waals surface area contributed by atoms with Crippen LogP contribution in [0.25, 0.3) is 0 Å². The van der Waals surface area contributed by atoms with E-state index in [1.165, 1.54) is 0 Å². The molecule has 0 saturated heterocycles. The first kappa shape index (κ1) is 11.7. The van der Waals surface area contributed by atoms with E-state index < -0.39 is 0 Å². The summed E-state index contributed by atoms with van der Waals surface area (Å²) in [5.74, 6) is 1.24. The van der Waals surface area contributed by atoms with Crippen LogP contribution in [-0.4, -0.2) is 16.5 Å². The molecule has 1 aromatic carbocycles. The molecule has 88 valence electrons. The zero-order valence-electron chi connectivity index (χ0n) is 9.23. The van der Waals surface area contributed by atoms with Gasteiger partial charge >= 0.3 is 0 Å². The summed E-state index contributed by atoms with van der Waals surface area (Å²) >= 11 is 5.80. The van der Waals surface area contributed by atoms with Crippen LogP contribution in [0.1, 0.15) is 5.82 Å². The SMILES string of the molecule is Nc1ccnc(CCNc2ccc(Cl)cc2)n1. The van der Waals surface area contributed by atoms with Gasteiger partial charge in [0.25, 0.3) is 0 Å². The van der Waals surface area contributed by atoms with Gasteiger partial charge in [0.15, 0.2) is 0 Å². The van der Waals surface area contributed by atoms with E-state index in [0.29, 0.717) is 5.82 Å². The minimum atomic E-state index is 0.501. The molecule has 2 rings (SSSR count). The standard InChI is InChI=1S/C12H13ClN4/c13-9-1-3-10(4-2-9)15-8-6-12-16-7-5-11(14)17-12/h1-5,7,15H,6,8H2,(H2,14,16,17). The van der Waals surface area contributed by atoms with E-state index in [0.717, 1.165) is 29.5 Å². The van der Waals surface area contributed by atoms with Gasteiger partial charge in [0.1, 0.15) is 11.6 Å². The number of hydrogen-bond donors (Lipinski definition) is 2. The van der Waals surface area contributed by atoms with Crippen molar-refractivity contribution in [2.75, 3.05) is 17.6 Å². The topological polar surface area (TPSA) is 63.8 Å². The maximum Gasteiger partial charge on any atom is 0.132 e. The molecule has 0 spiro atoms. The lowest BCUT2D eigenvalue weighted by molar-refractivity contribution is 0.898. The number of benzene rings is 1. The smallest absolute Gasteiger partial charge is 0.132 e. The quantitative estimate of drug-likeness (QED) is 0.872. The maximum atomic E-state index is 5.80. The molecule has 0 aliphatic rings. The lowest BCUT2D eigenvalue weighted by atomic mass is 10.3. The molecular formula is C12H13ClN4. The zero-order valence-corrected chi connectivity index (χ0v) is 9.98. The molecule has 0 aliphatic heterocycles. The molecule has 0 unspecified atom stereocenters. The average molecular weight is 249 g/mol. The third-order valence-corrected chi connectivity index (χ3v) is 2.50. The zero-order chi connectivity index (χ0) is 12.1. The second kappa shape index (κ2) is 5.50. The van der Waals surface area contributed by atoms with Gasteiger partial charge in [0, 0.05) is 29.9 Å². The first-order chi connectivity index (χ1) is 8.24. The van der Waals surface area contributed by atoms with Gasteiger partial charge in [-0.15, -0.1) is 0 Å². The lowest BCUT2D eigenvalue weighted by Crippen LogP contribution is -2.08. The molecule has 2 aromatic rings. The molecule has 0 aliphatic carbocycles. The Labute approximate surface area is 105 Å². The first-order valence-corrected chi connectivity index (χ1v) is 5.69. The summed E-state index contributed by atoms with van der Waals surface area (Å²) in [4.78, 5) is 8.26. The normalized spacial score (nSPS) is 10.2. The molecule has 0 bridgehead atoms. The van der Waals surface area contributed by atoms with Crippen molar-refractivity contribution in [3.05, 3.63) is 47.4 Å². The summed E-state index contributed by atoms with van der Waals surface area (Å²) in [7, 11) is 0. The highest BCUT2D eigenvalue weighted by Crippen LogP contribution is 2.13. The minimum absolute atomic E-state index is 0.501. The summed E-state index contributed by atoms with van der Waals surface area (Å²) in [6.07, 6.45) is 2.40. The number of nitrogens with one attached hydrogen (secondary N) is 1. The van der Waals surface area contributed by atoms with Gasteiger partial charge < -0.3 is 11.1 Å². The van der Waals surface area contributed by atoms with Crippen molar-refractivity contribution in [1.29, 1.82) is 0 Å². The molecule has 0 radical (unpaired) electrons. The van der Waals surface area contributed by atoms with E-state index in [1.807, 2.05) is 24.3 Å². The van der Waals surface area contributed by atoms with Gasteiger partial charge in [-0.25, -0.2) is 9.97 Å². The predicted octanol–water partition coefficient (Wildman–Crippen LogP) is 2.37. The van der Waals surface area contributed by atoms with E-state index in [1.54, 1.807) is 12.3 Å². The van der Waals surface area contributed by atoms with Crippen molar-refractivity contribution in [2.24, 2.45) is 0 Å². The van der Waals surface area contributed by atoms with Crippen LogP contribution in [0.15, 0.2) is 36.5 Å². The summed E-state index contributed by atoms with van der Waals surface area (Å²) in [5, 5.41) is 3.99. The van der Waals surface area contributed by atoms with Crippen LogP contribution in [0, 0.1) is 0 Å². The van der Waals surface area contributed by atoms with E-state index in [9.17, 15) is 0 Å². The first-order valence-electron chi connectivity index (χ1n) is 5.31. The minimum Gasteiger partial charge on any atom is -0.385 e. The molecule has 0 saturated carbocycles. The predicted molar refractivity (Wildman–Crippen MR) is 70.1 cm³/mol. The highest BCUT2D eigenvalue weighted by molar-refractivity contribution is 6.30. The summed E-state index contributed by atoms with van der Waals surface area (Å²) in [6.45, 7) is 0.755. The molecule has 4 nitrogen and oxygen atoms in total. The highest BCUT2D eigenvalue weighted by Gasteiger charge is 1.97. The van der Waals surface area contributed by atoms with Crippen LogP contribution in [-0.2, 0) is 6.42 Å². The van der Waals surface area contributed by atoms with Crippen molar-refractivity contribution < 1.29 is 0 Å². The summed E-state index contributed by atoms with van der Waals surface area (Å²) in [5.41, 5.74) is 6.60. The average Bonchev–Trinajstić information content (AvgIpc) is 2.32. The Morgan fingerprint density at radius 1 is 1.18 bits per heavy atom. The Morgan fingerprint density at radius 3 is 2.65 bits per heavy atom. The van der Waals surface area contributed by atoms with Crippen molar-refractivity contribution in [1.82, 2.24) is 9.97 Å². The molecule has 0 fully saturated rings. The van der Waals surface area contributed by atoms with Crippen molar-refractivity contribution in [3.8, 4) is 0 Å².